The summed E-state index contributed by atoms with van der Waals surface area (Å²) >= 11 is -5.25. The number of benzene rings is 4. The van der Waals surface area contributed by atoms with Gasteiger partial charge in [-0.2, -0.15) is 0 Å². The quantitative estimate of drug-likeness (QED) is 0.172. The first-order valence-corrected chi connectivity index (χ1v) is 40.9. The maximum absolute atomic E-state index is 9.10. The number of fused-ring (bicyclic) bond motifs is 2. The summed E-state index contributed by atoms with van der Waals surface area (Å²) < 4.78 is 13.1. The zero-order chi connectivity index (χ0) is 50.1. The van der Waals surface area contributed by atoms with Gasteiger partial charge < -0.3 is 0 Å². The second-order valence-electron chi connectivity index (χ2n) is 26.8. The summed E-state index contributed by atoms with van der Waals surface area (Å²) in [5, 5.41) is 0. The molecule has 0 radical (unpaired) electrons. The monoisotopic (exact) mass is 1030 g/mol. The SMILES string of the molecule is COc1c(C(C)(C)C)cc2c(c1-c1cc(C(C)(C)C)cc(C(C)(C)C)c1)C=C(C)[CH]2[Zr]([Cl])([Cl])([CH]1C(C)=Cc2c1cc(C(C)(C)C)c(OC)c2-c1cc(C(C)(C)C)cc(C(C)(C)C)c1)[SiH](C)C. The van der Waals surface area contributed by atoms with Gasteiger partial charge in [-0.15, -0.1) is 0 Å². The summed E-state index contributed by atoms with van der Waals surface area (Å²) in [5.41, 5.74) is 19.2. The fourth-order valence-corrected chi connectivity index (χ4v) is 43.8. The van der Waals surface area contributed by atoms with Crippen molar-refractivity contribution < 1.29 is 25.0 Å². The third kappa shape index (κ3) is 9.12. The van der Waals surface area contributed by atoms with Crippen molar-refractivity contribution in [3.05, 3.63) is 115 Å². The second-order valence-corrected chi connectivity index (χ2v) is 69.3. The molecule has 4 aromatic carbocycles. The fourth-order valence-electron chi connectivity index (χ4n) is 11.0. The average Bonchev–Trinajstić information content (AvgIpc) is 3.69. The topological polar surface area (TPSA) is 18.5 Å². The van der Waals surface area contributed by atoms with E-state index in [0.717, 1.165) is 22.6 Å². The summed E-state index contributed by atoms with van der Waals surface area (Å²) in [7, 11) is 21.9. The molecular weight excluding hydrogens is 943 g/mol. The van der Waals surface area contributed by atoms with Gasteiger partial charge in [0.1, 0.15) is 0 Å². The number of allylic oxidation sites excluding steroid dienone is 2. The Morgan fingerprint density at radius 2 is 0.712 bits per heavy atom. The molecule has 0 aliphatic heterocycles. The van der Waals surface area contributed by atoms with E-state index in [2.05, 4.69) is 212 Å². The van der Waals surface area contributed by atoms with Gasteiger partial charge in [0, 0.05) is 0 Å². The molecule has 0 amide bonds. The van der Waals surface area contributed by atoms with Gasteiger partial charge in [-0.05, 0) is 0 Å². The van der Waals surface area contributed by atoms with Crippen molar-refractivity contribution in [2.75, 3.05) is 14.2 Å². The molecule has 0 N–H and O–H groups in total. The van der Waals surface area contributed by atoms with Gasteiger partial charge in [-0.25, -0.2) is 0 Å². The van der Waals surface area contributed by atoms with Crippen molar-refractivity contribution in [1.29, 1.82) is 0 Å². The molecule has 0 saturated heterocycles. The van der Waals surface area contributed by atoms with Crippen molar-refractivity contribution in [2.24, 2.45) is 0 Å². The first kappa shape index (κ1) is 53.0. The van der Waals surface area contributed by atoms with Gasteiger partial charge in [0.05, 0.1) is 0 Å². The molecule has 66 heavy (non-hydrogen) atoms. The van der Waals surface area contributed by atoms with E-state index < -0.39 is 21.5 Å². The first-order chi connectivity index (χ1) is 29.8. The fraction of sp³-hybridized carbons (Fsp3) is 0.533. The molecule has 6 rings (SSSR count). The van der Waals surface area contributed by atoms with Crippen LogP contribution in [0.5, 0.6) is 11.5 Å². The van der Waals surface area contributed by atoms with Crippen molar-refractivity contribution >= 4 is 35.1 Å². The van der Waals surface area contributed by atoms with Crippen molar-refractivity contribution in [3.63, 3.8) is 0 Å². The summed E-state index contributed by atoms with van der Waals surface area (Å²) in [5.74, 6) is 0.00923. The van der Waals surface area contributed by atoms with E-state index in [9.17, 15) is 0 Å². The van der Waals surface area contributed by atoms with Gasteiger partial charge in [-0.3, -0.25) is 0 Å². The second kappa shape index (κ2) is 16.9. The van der Waals surface area contributed by atoms with Crippen LogP contribution in [-0.4, -0.2) is 20.1 Å². The normalized spacial score (nSPS) is 17.9. The number of hydrogen-bond acceptors (Lipinski definition) is 2. The molecular formula is C60H85Cl2O2SiZr. The van der Waals surface area contributed by atoms with Crippen LogP contribution in [-0.2, 0) is 48.0 Å². The molecule has 4 aromatic rings. The van der Waals surface area contributed by atoms with Gasteiger partial charge in [-0.1, -0.05) is 0 Å². The zero-order valence-electron chi connectivity index (χ0n) is 45.6. The molecule has 2 aliphatic rings. The molecule has 6 heteroatoms. The van der Waals surface area contributed by atoms with Crippen LogP contribution in [0.15, 0.2) is 59.7 Å². The first-order valence-electron chi connectivity index (χ1n) is 24.6. The molecule has 0 spiro atoms. The molecule has 0 heterocycles. The Balaban J connectivity index is 1.76. The van der Waals surface area contributed by atoms with Crippen molar-refractivity contribution in [1.82, 2.24) is 0 Å². The summed E-state index contributed by atoms with van der Waals surface area (Å²) in [6, 6.07) is 19.4. The van der Waals surface area contributed by atoms with Gasteiger partial charge >= 0.3 is 415 Å². The van der Waals surface area contributed by atoms with Crippen LogP contribution >= 0.6 is 17.0 Å². The third-order valence-corrected chi connectivity index (χ3v) is 67.4. The van der Waals surface area contributed by atoms with Crippen LogP contribution in [0.2, 0.25) is 13.1 Å². The van der Waals surface area contributed by atoms with E-state index in [-0.39, 0.29) is 39.7 Å². The van der Waals surface area contributed by atoms with E-state index >= 15 is 0 Å². The van der Waals surface area contributed by atoms with Crippen molar-refractivity contribution in [3.8, 4) is 33.8 Å². The van der Waals surface area contributed by atoms with E-state index in [0.29, 0.717) is 0 Å². The van der Waals surface area contributed by atoms with Crippen LogP contribution < -0.4 is 9.47 Å². The Kier molecular flexibility index (Phi) is 13.6. The summed E-state index contributed by atoms with van der Waals surface area (Å²) in [4.78, 5) is 0. The average molecular weight is 1030 g/mol. The van der Waals surface area contributed by atoms with Crippen LogP contribution in [0.25, 0.3) is 34.4 Å². The summed E-state index contributed by atoms with van der Waals surface area (Å²) in [6.07, 6.45) is 4.89. The maximum atomic E-state index is 9.10. The number of halogens is 2. The number of hydrogen-bond donors (Lipinski definition) is 0. The predicted molar refractivity (Wildman–Crippen MR) is 292 cm³/mol. The van der Waals surface area contributed by atoms with Gasteiger partial charge in [0.25, 0.3) is 0 Å². The van der Waals surface area contributed by atoms with Crippen LogP contribution in [0.3, 0.4) is 0 Å². The molecule has 2 atom stereocenters. The Bertz CT molecular complexity index is 2410. The Labute approximate surface area is 411 Å². The number of ether oxygens (including phenoxy) is 2. The van der Waals surface area contributed by atoms with E-state index in [1.165, 1.54) is 77.9 Å². The van der Waals surface area contributed by atoms with E-state index in [1.807, 2.05) is 14.2 Å². The standard InChI is InChI=1S/2C29H39O.C2H7Si.2ClH.Zr/c2*1-18-12-19-16-24(29(8,9)10)26(30-11)25(23(19)13-18)20-14-21(27(2,3)4)17-22(15-20)28(5,6)7;1-3-2;;;/h2*12-17H,1-11H3;3H,1-2H3;2*1H;/q;;;;;+2/p-2. The third-order valence-electron chi connectivity index (χ3n) is 15.1. The minimum atomic E-state index is -5.25. The number of rotatable bonds is 7. The van der Waals surface area contributed by atoms with Gasteiger partial charge in [0.15, 0.2) is 0 Å². The Hall–Kier alpha value is -2.36. The molecule has 0 fully saturated rings. The predicted octanol–water partition coefficient (Wildman–Crippen LogP) is 18.4. The molecule has 2 nitrogen and oxygen atoms in total. The molecule has 359 valence electrons. The van der Waals surface area contributed by atoms with Crippen LogP contribution in [0.4, 0.5) is 0 Å². The van der Waals surface area contributed by atoms with Crippen LogP contribution in [0, 0.1) is 0 Å². The van der Waals surface area contributed by atoms with Gasteiger partial charge in [0.2, 0.25) is 0 Å². The van der Waals surface area contributed by atoms with E-state index in [4.69, 9.17) is 26.5 Å². The zero-order valence-corrected chi connectivity index (χ0v) is 50.7. The Morgan fingerprint density at radius 3 is 0.924 bits per heavy atom. The molecule has 2 unspecified atom stereocenters. The van der Waals surface area contributed by atoms with E-state index in [1.54, 1.807) is 0 Å². The van der Waals surface area contributed by atoms with Crippen molar-refractivity contribution in [2.45, 2.75) is 191 Å². The molecule has 2 aliphatic carbocycles. The molecule has 0 aromatic heterocycles. The summed E-state index contributed by atoms with van der Waals surface area (Å²) in [6.45, 7) is 51.2. The number of methoxy groups -OCH3 is 2. The molecule has 0 bridgehead atoms. The molecule has 0 saturated carbocycles. The minimum absolute atomic E-state index is 0.0525. The Morgan fingerprint density at radius 1 is 0.439 bits per heavy atom. The van der Waals surface area contributed by atoms with Crippen LogP contribution in [0.1, 0.15) is 201 Å².